The number of rotatable bonds is 8. The lowest BCUT2D eigenvalue weighted by molar-refractivity contribution is -0.125. The van der Waals surface area contributed by atoms with Gasteiger partial charge in [0.15, 0.2) is 11.6 Å². The Morgan fingerprint density at radius 1 is 1.10 bits per heavy atom. The van der Waals surface area contributed by atoms with E-state index < -0.39 is 11.9 Å². The van der Waals surface area contributed by atoms with E-state index in [1.54, 1.807) is 6.92 Å². The molecule has 21 heavy (non-hydrogen) atoms. The van der Waals surface area contributed by atoms with Crippen LogP contribution in [0.3, 0.4) is 0 Å². The van der Waals surface area contributed by atoms with E-state index in [4.69, 9.17) is 4.74 Å². The highest BCUT2D eigenvalue weighted by atomic mass is 32.1. The number of Topliss-reactive ketones (excluding diaryl/α,β-unsaturated/α-hetero) is 2. The molecule has 0 bridgehead atoms. The van der Waals surface area contributed by atoms with E-state index >= 15 is 0 Å². The Morgan fingerprint density at radius 2 is 1.62 bits per heavy atom. The van der Waals surface area contributed by atoms with Crippen LogP contribution in [0.2, 0.25) is 0 Å². The smallest absolute Gasteiger partial charge is 0.244 e. The Labute approximate surface area is 133 Å². The first kappa shape index (κ1) is 22.1. The lowest BCUT2D eigenvalue weighted by Crippen LogP contribution is -2.42. The molecule has 0 radical (unpaired) electrons. The predicted molar refractivity (Wildman–Crippen MR) is 87.7 cm³/mol. The highest BCUT2D eigenvalue weighted by molar-refractivity contribution is 7.59. The van der Waals surface area contributed by atoms with Gasteiger partial charge in [0, 0.05) is 6.08 Å². The Hall–Kier alpha value is -1.14. The predicted octanol–water partition coefficient (Wildman–Crippen LogP) is 1.77. The Bertz CT molecular complexity index is 402. The van der Waals surface area contributed by atoms with Crippen molar-refractivity contribution in [2.24, 2.45) is 5.92 Å². The van der Waals surface area contributed by atoms with E-state index in [9.17, 15) is 14.4 Å². The fourth-order valence-electron chi connectivity index (χ4n) is 1.57. The number of nitrogens with one attached hydrogen (secondary N) is 1. The van der Waals surface area contributed by atoms with Gasteiger partial charge < -0.3 is 10.1 Å². The van der Waals surface area contributed by atoms with Gasteiger partial charge in [-0.05, 0) is 39.2 Å². The SMILES string of the molecule is CC(=O)C(NC(=O)/C=C(/C)C(=O)COC(C)C)C(C)C.S. The molecule has 122 valence electrons. The molecule has 0 spiro atoms. The minimum absolute atomic E-state index is 0. The van der Waals surface area contributed by atoms with E-state index in [0.717, 1.165) is 0 Å². The van der Waals surface area contributed by atoms with Crippen LogP contribution >= 0.6 is 13.5 Å². The molecule has 0 fully saturated rings. The number of hydrogen-bond acceptors (Lipinski definition) is 4. The van der Waals surface area contributed by atoms with Crippen molar-refractivity contribution in [2.45, 2.75) is 53.7 Å². The van der Waals surface area contributed by atoms with Gasteiger partial charge in [0.1, 0.15) is 6.61 Å². The van der Waals surface area contributed by atoms with Crippen LogP contribution in [-0.4, -0.2) is 36.2 Å². The molecule has 0 saturated heterocycles. The second-order valence-corrected chi connectivity index (χ2v) is 5.45. The third kappa shape index (κ3) is 9.42. The van der Waals surface area contributed by atoms with E-state index in [-0.39, 0.29) is 43.7 Å². The number of amides is 1. The van der Waals surface area contributed by atoms with Gasteiger partial charge in [-0.3, -0.25) is 14.4 Å². The molecule has 1 unspecified atom stereocenters. The van der Waals surface area contributed by atoms with E-state index in [1.165, 1.54) is 13.0 Å². The summed E-state index contributed by atoms with van der Waals surface area (Å²) in [5.41, 5.74) is 0.314. The molecule has 0 aromatic heterocycles. The van der Waals surface area contributed by atoms with Crippen LogP contribution in [0.5, 0.6) is 0 Å². The van der Waals surface area contributed by atoms with Gasteiger partial charge in [-0.15, -0.1) is 0 Å². The van der Waals surface area contributed by atoms with Crippen LogP contribution in [0.15, 0.2) is 11.6 Å². The number of carbonyl (C=O) groups excluding carboxylic acids is 3. The Morgan fingerprint density at radius 3 is 2.00 bits per heavy atom. The topological polar surface area (TPSA) is 72.5 Å². The van der Waals surface area contributed by atoms with Gasteiger partial charge in [0.25, 0.3) is 0 Å². The van der Waals surface area contributed by atoms with Gasteiger partial charge in [-0.25, -0.2) is 0 Å². The summed E-state index contributed by atoms with van der Waals surface area (Å²) in [7, 11) is 0. The monoisotopic (exact) mass is 317 g/mol. The van der Waals surface area contributed by atoms with Gasteiger partial charge in [-0.2, -0.15) is 13.5 Å². The van der Waals surface area contributed by atoms with Crippen molar-refractivity contribution in [2.75, 3.05) is 6.61 Å². The second kappa shape index (κ2) is 10.6. The molecule has 1 N–H and O–H groups in total. The highest BCUT2D eigenvalue weighted by Crippen LogP contribution is 2.04. The number of ketones is 2. The van der Waals surface area contributed by atoms with Crippen LogP contribution in [0, 0.1) is 5.92 Å². The summed E-state index contributed by atoms with van der Waals surface area (Å²) in [4.78, 5) is 34.9. The fourth-order valence-corrected chi connectivity index (χ4v) is 1.57. The third-order valence-corrected chi connectivity index (χ3v) is 2.74. The highest BCUT2D eigenvalue weighted by Gasteiger charge is 2.20. The maximum absolute atomic E-state index is 11.8. The molecule has 5 nitrogen and oxygen atoms in total. The molecule has 0 aromatic rings. The molecule has 0 aromatic carbocycles. The normalized spacial score (nSPS) is 12.9. The van der Waals surface area contributed by atoms with E-state index in [0.29, 0.717) is 5.57 Å². The maximum Gasteiger partial charge on any atom is 0.244 e. The quantitative estimate of drug-likeness (QED) is 0.693. The molecule has 6 heteroatoms. The summed E-state index contributed by atoms with van der Waals surface area (Å²) in [5, 5.41) is 2.61. The standard InChI is InChI=1S/C15H25NO4.H2S/c1-9(2)15(12(6)17)16-14(19)7-11(5)13(18)8-20-10(3)4;/h7,9-10,15H,8H2,1-6H3,(H,16,19);1H2/b11-7-;. The zero-order valence-electron chi connectivity index (χ0n) is 13.6. The molecule has 0 heterocycles. The molecule has 0 aliphatic carbocycles. The Balaban J connectivity index is 0. The summed E-state index contributed by atoms with van der Waals surface area (Å²) >= 11 is 0. The van der Waals surface area contributed by atoms with Crippen molar-refractivity contribution >= 4 is 31.0 Å². The lowest BCUT2D eigenvalue weighted by Gasteiger charge is -2.18. The van der Waals surface area contributed by atoms with Crippen LogP contribution in [0.25, 0.3) is 0 Å². The summed E-state index contributed by atoms with van der Waals surface area (Å²) in [6, 6.07) is -0.534. The van der Waals surface area contributed by atoms with Crippen molar-refractivity contribution in [3.05, 3.63) is 11.6 Å². The second-order valence-electron chi connectivity index (χ2n) is 5.45. The fraction of sp³-hybridized carbons (Fsp3) is 0.667. The largest absolute Gasteiger partial charge is 0.371 e. The minimum Gasteiger partial charge on any atom is -0.371 e. The molecular weight excluding hydrogens is 290 g/mol. The molecular formula is C15H27NO4S. The van der Waals surface area contributed by atoms with Gasteiger partial charge in [0.2, 0.25) is 5.91 Å². The summed E-state index contributed by atoms with van der Waals surface area (Å²) in [6.07, 6.45) is 1.17. The van der Waals surface area contributed by atoms with Crippen molar-refractivity contribution in [1.82, 2.24) is 5.32 Å². The Kier molecular flexibility index (Phi) is 11.1. The average Bonchev–Trinajstić information content (AvgIpc) is 2.31. The molecule has 0 aliphatic heterocycles. The summed E-state index contributed by atoms with van der Waals surface area (Å²) < 4.78 is 5.19. The molecule has 1 amide bonds. The van der Waals surface area contributed by atoms with Crippen molar-refractivity contribution < 1.29 is 19.1 Å². The summed E-state index contributed by atoms with van der Waals surface area (Å²) in [6.45, 7) is 10.3. The first-order chi connectivity index (χ1) is 9.15. The van der Waals surface area contributed by atoms with Crippen molar-refractivity contribution in [1.29, 1.82) is 0 Å². The first-order valence-corrected chi connectivity index (χ1v) is 6.79. The zero-order chi connectivity index (χ0) is 15.9. The van der Waals surface area contributed by atoms with Crippen molar-refractivity contribution in [3.63, 3.8) is 0 Å². The van der Waals surface area contributed by atoms with Crippen LogP contribution < -0.4 is 5.32 Å². The number of hydrogen-bond donors (Lipinski definition) is 1. The van der Waals surface area contributed by atoms with Crippen LogP contribution in [-0.2, 0) is 19.1 Å². The van der Waals surface area contributed by atoms with Crippen molar-refractivity contribution in [3.8, 4) is 0 Å². The zero-order valence-corrected chi connectivity index (χ0v) is 14.6. The summed E-state index contributed by atoms with van der Waals surface area (Å²) in [5.74, 6) is -0.772. The van der Waals surface area contributed by atoms with Crippen LogP contribution in [0.4, 0.5) is 0 Å². The van der Waals surface area contributed by atoms with Gasteiger partial charge >= 0.3 is 0 Å². The molecule has 0 aliphatic rings. The number of ether oxygens (including phenoxy) is 1. The average molecular weight is 317 g/mol. The molecule has 1 atom stereocenters. The first-order valence-electron chi connectivity index (χ1n) is 6.79. The van der Waals surface area contributed by atoms with Crippen LogP contribution in [0.1, 0.15) is 41.5 Å². The maximum atomic E-state index is 11.8. The third-order valence-electron chi connectivity index (χ3n) is 2.74. The minimum atomic E-state index is -0.534. The number of carbonyl (C=O) groups is 3. The van der Waals surface area contributed by atoms with Gasteiger partial charge in [0.05, 0.1) is 12.1 Å². The lowest BCUT2D eigenvalue weighted by atomic mass is 10.0. The molecule has 0 rings (SSSR count). The van der Waals surface area contributed by atoms with E-state index in [2.05, 4.69) is 5.32 Å². The molecule has 0 saturated carbocycles. The van der Waals surface area contributed by atoms with E-state index in [1.807, 2.05) is 27.7 Å². The van der Waals surface area contributed by atoms with Gasteiger partial charge in [-0.1, -0.05) is 13.8 Å².